The molecule has 2 aromatic rings. The molecule has 0 radical (unpaired) electrons. The zero-order chi connectivity index (χ0) is 12.5. The van der Waals surface area contributed by atoms with Gasteiger partial charge in [-0.15, -0.1) is 0 Å². The van der Waals surface area contributed by atoms with Gasteiger partial charge in [0.05, 0.1) is 4.90 Å². The maximum atomic E-state index is 9.67. The molecule has 1 heterocycles. The maximum Gasteiger partial charge on any atom is 0.175 e. The Morgan fingerprint density at radius 2 is 1.94 bits per heavy atom. The van der Waals surface area contributed by atoms with Crippen molar-refractivity contribution in [2.24, 2.45) is 0 Å². The summed E-state index contributed by atoms with van der Waals surface area (Å²) in [5.41, 5.74) is -0.0337. The second-order valence-corrected chi connectivity index (χ2v) is 6.74. The van der Waals surface area contributed by atoms with Gasteiger partial charge in [0.2, 0.25) is 0 Å². The Morgan fingerprint density at radius 3 is 2.53 bits per heavy atom. The minimum atomic E-state index is -0.0337. The molecule has 90 valence electrons. The first-order valence-corrected chi connectivity index (χ1v) is 6.86. The van der Waals surface area contributed by atoms with Gasteiger partial charge in [-0.1, -0.05) is 44.7 Å². The van der Waals surface area contributed by atoms with Crippen molar-refractivity contribution in [1.29, 1.82) is 0 Å². The van der Waals surface area contributed by atoms with Gasteiger partial charge in [0, 0.05) is 5.41 Å². The fourth-order valence-corrected chi connectivity index (χ4v) is 2.97. The van der Waals surface area contributed by atoms with E-state index in [1.807, 2.05) is 12.1 Å². The minimum Gasteiger partial charge on any atom is -0.507 e. The van der Waals surface area contributed by atoms with E-state index in [2.05, 4.69) is 30.1 Å². The molecule has 0 aliphatic carbocycles. The van der Waals surface area contributed by atoms with Crippen molar-refractivity contribution >= 4 is 23.3 Å². The van der Waals surface area contributed by atoms with Crippen LogP contribution >= 0.6 is 23.3 Å². The van der Waals surface area contributed by atoms with Crippen molar-refractivity contribution in [3.8, 4) is 5.75 Å². The average Bonchev–Trinajstić information content (AvgIpc) is 2.69. The molecule has 5 heteroatoms. The molecule has 0 fully saturated rings. The van der Waals surface area contributed by atoms with E-state index in [0.29, 0.717) is 0 Å². The van der Waals surface area contributed by atoms with E-state index < -0.39 is 0 Å². The normalized spacial score (nSPS) is 11.7. The van der Waals surface area contributed by atoms with Gasteiger partial charge >= 0.3 is 0 Å². The van der Waals surface area contributed by atoms with Crippen LogP contribution in [0.25, 0.3) is 0 Å². The number of nitrogens with zero attached hydrogens (tertiary/aromatic N) is 2. The van der Waals surface area contributed by atoms with E-state index in [1.165, 1.54) is 23.3 Å². The lowest BCUT2D eigenvalue weighted by Crippen LogP contribution is -2.12. The fraction of sp³-hybridized carbons (Fsp3) is 0.333. The molecular weight excluding hydrogens is 252 g/mol. The van der Waals surface area contributed by atoms with E-state index >= 15 is 0 Å². The van der Waals surface area contributed by atoms with Gasteiger partial charge in [0.25, 0.3) is 0 Å². The molecule has 0 unspecified atom stereocenters. The highest BCUT2D eigenvalue weighted by molar-refractivity contribution is 8.01. The highest BCUT2D eigenvalue weighted by Crippen LogP contribution is 2.35. The zero-order valence-electron chi connectivity index (χ0n) is 9.97. The van der Waals surface area contributed by atoms with E-state index in [-0.39, 0.29) is 11.2 Å². The van der Waals surface area contributed by atoms with Crippen LogP contribution in [0, 0.1) is 0 Å². The summed E-state index contributed by atoms with van der Waals surface area (Å²) in [7, 11) is 0. The number of para-hydroxylation sites is 1. The molecule has 0 saturated heterocycles. The van der Waals surface area contributed by atoms with Crippen molar-refractivity contribution in [3.63, 3.8) is 0 Å². The number of aromatic hydroxyl groups is 1. The van der Waals surface area contributed by atoms with Gasteiger partial charge in [-0.3, -0.25) is 0 Å². The first-order valence-electron chi connectivity index (χ1n) is 5.27. The number of benzene rings is 1. The molecule has 2 rings (SSSR count). The van der Waals surface area contributed by atoms with Crippen molar-refractivity contribution in [3.05, 3.63) is 30.1 Å². The highest BCUT2D eigenvalue weighted by atomic mass is 32.2. The summed E-state index contributed by atoms with van der Waals surface area (Å²) in [5, 5.41) is 9.67. The lowest BCUT2D eigenvalue weighted by atomic mass is 9.96. The van der Waals surface area contributed by atoms with Crippen LogP contribution in [0.1, 0.15) is 26.6 Å². The molecule has 0 amide bonds. The maximum absolute atomic E-state index is 9.67. The first-order chi connectivity index (χ1) is 7.97. The Morgan fingerprint density at radius 1 is 1.24 bits per heavy atom. The Balaban J connectivity index is 2.21. The molecule has 0 atom stereocenters. The molecule has 1 N–H and O–H groups in total. The Bertz CT molecular complexity index is 517. The van der Waals surface area contributed by atoms with Crippen LogP contribution in [0.2, 0.25) is 0 Å². The Hall–Kier alpha value is -1.07. The molecule has 0 saturated carbocycles. The topological polar surface area (TPSA) is 46.0 Å². The third kappa shape index (κ3) is 2.98. The number of aromatic nitrogens is 2. The van der Waals surface area contributed by atoms with Crippen LogP contribution in [0.5, 0.6) is 5.75 Å². The summed E-state index contributed by atoms with van der Waals surface area (Å²) in [4.78, 5) is 5.29. The van der Waals surface area contributed by atoms with E-state index in [9.17, 15) is 5.11 Å². The first kappa shape index (κ1) is 12.4. The predicted octanol–water partition coefficient (Wildman–Crippen LogP) is 3.69. The number of hydrogen-bond acceptors (Lipinski definition) is 5. The third-order valence-electron chi connectivity index (χ3n) is 2.14. The predicted molar refractivity (Wildman–Crippen MR) is 70.8 cm³/mol. The smallest absolute Gasteiger partial charge is 0.175 e. The van der Waals surface area contributed by atoms with Crippen LogP contribution in [0.15, 0.2) is 33.5 Å². The van der Waals surface area contributed by atoms with Crippen LogP contribution in [-0.2, 0) is 5.41 Å². The summed E-state index contributed by atoms with van der Waals surface area (Å²) in [5.74, 6) is 1.13. The van der Waals surface area contributed by atoms with Crippen molar-refractivity contribution in [2.75, 3.05) is 0 Å². The third-order valence-corrected chi connectivity index (χ3v) is 3.96. The van der Waals surface area contributed by atoms with E-state index in [1.54, 1.807) is 12.1 Å². The molecule has 0 bridgehead atoms. The lowest BCUT2D eigenvalue weighted by Gasteiger charge is -2.12. The van der Waals surface area contributed by atoms with Crippen LogP contribution in [-0.4, -0.2) is 14.5 Å². The summed E-state index contributed by atoms with van der Waals surface area (Å²) < 4.78 is 5.20. The highest BCUT2D eigenvalue weighted by Gasteiger charge is 2.20. The van der Waals surface area contributed by atoms with Gasteiger partial charge in [0.1, 0.15) is 11.6 Å². The quantitative estimate of drug-likeness (QED) is 0.900. The number of hydrogen-bond donors (Lipinski definition) is 1. The van der Waals surface area contributed by atoms with Crippen molar-refractivity contribution in [1.82, 2.24) is 9.36 Å². The monoisotopic (exact) mass is 266 g/mol. The lowest BCUT2D eigenvalue weighted by molar-refractivity contribution is 0.462. The summed E-state index contributed by atoms with van der Waals surface area (Å²) in [6.45, 7) is 6.26. The van der Waals surface area contributed by atoms with Crippen LogP contribution in [0.3, 0.4) is 0 Å². The Kier molecular flexibility index (Phi) is 3.40. The van der Waals surface area contributed by atoms with Gasteiger partial charge in [-0.05, 0) is 23.7 Å². The molecule has 0 spiro atoms. The zero-order valence-corrected chi connectivity index (χ0v) is 11.6. The second kappa shape index (κ2) is 4.66. The summed E-state index contributed by atoms with van der Waals surface area (Å²) in [6.07, 6.45) is 0. The molecule has 0 aliphatic rings. The number of rotatable bonds is 2. The average molecular weight is 266 g/mol. The number of phenols is 1. The van der Waals surface area contributed by atoms with Gasteiger partial charge in [-0.2, -0.15) is 4.37 Å². The van der Waals surface area contributed by atoms with Gasteiger partial charge < -0.3 is 5.11 Å². The molecule has 0 aliphatic heterocycles. The van der Waals surface area contributed by atoms with Crippen molar-refractivity contribution in [2.45, 2.75) is 35.4 Å². The Labute approximate surface area is 109 Å². The van der Waals surface area contributed by atoms with Crippen LogP contribution < -0.4 is 0 Å². The molecule has 3 nitrogen and oxygen atoms in total. The standard InChI is InChI=1S/C12H14N2OS2/c1-12(2,3)10-13-11(17-14-10)16-9-7-5-4-6-8(9)15/h4-7,15H,1-3H3. The minimum absolute atomic E-state index is 0.0337. The van der Waals surface area contributed by atoms with Gasteiger partial charge in [-0.25, -0.2) is 4.98 Å². The van der Waals surface area contributed by atoms with Crippen LogP contribution in [0.4, 0.5) is 0 Å². The SMILES string of the molecule is CC(C)(C)c1nsc(Sc2ccccc2O)n1. The molecular formula is C12H14N2OS2. The second-order valence-electron chi connectivity index (χ2n) is 4.70. The fourth-order valence-electron chi connectivity index (χ4n) is 1.19. The van der Waals surface area contributed by atoms with E-state index in [4.69, 9.17) is 0 Å². The molecule has 1 aromatic heterocycles. The molecule has 1 aromatic carbocycles. The summed E-state index contributed by atoms with van der Waals surface area (Å²) >= 11 is 2.82. The summed E-state index contributed by atoms with van der Waals surface area (Å²) in [6, 6.07) is 7.25. The van der Waals surface area contributed by atoms with Crippen molar-refractivity contribution < 1.29 is 5.11 Å². The molecule has 17 heavy (non-hydrogen) atoms. The largest absolute Gasteiger partial charge is 0.507 e. The number of phenolic OH excluding ortho intramolecular Hbond substituents is 1. The van der Waals surface area contributed by atoms with E-state index in [0.717, 1.165) is 15.1 Å². The van der Waals surface area contributed by atoms with Gasteiger partial charge in [0.15, 0.2) is 4.34 Å².